The van der Waals surface area contributed by atoms with E-state index in [0.29, 0.717) is 10.8 Å². The van der Waals surface area contributed by atoms with Crippen LogP contribution in [0.1, 0.15) is 37.7 Å². The normalized spacial score (nSPS) is 24.6. The lowest BCUT2D eigenvalue weighted by atomic mass is 9.81. The lowest BCUT2D eigenvalue weighted by molar-refractivity contribution is -0.117. The maximum Gasteiger partial charge on any atom is 0.326 e. The molecule has 1 aliphatic carbocycles. The number of hydrogen-bond acceptors (Lipinski definition) is 5. The molecule has 1 amide bonds. The predicted molar refractivity (Wildman–Crippen MR) is 98.8 cm³/mol. The minimum Gasteiger partial charge on any atom is -0.506 e. The molecule has 0 aromatic heterocycles. The van der Waals surface area contributed by atoms with Crippen LogP contribution in [0.4, 0.5) is 10.1 Å². The average Bonchev–Trinajstić information content (AvgIpc) is 3.10. The van der Waals surface area contributed by atoms with Crippen molar-refractivity contribution in [3.8, 4) is 5.75 Å². The Bertz CT molecular complexity index is 911. The molecule has 3 aliphatic rings. The monoisotopic (exact) mass is 395 g/mol. The second-order valence-electron chi connectivity index (χ2n) is 7.39. The molecule has 0 unspecified atom stereocenters. The highest BCUT2D eigenvalue weighted by atomic mass is 32.2. The highest BCUT2D eigenvalue weighted by molar-refractivity contribution is 7.92. The number of benzene rings is 1. The number of nitrogens with zero attached hydrogens (tertiary/aromatic N) is 1. The summed E-state index contributed by atoms with van der Waals surface area (Å²) in [5.74, 6) is -1.34. The molecule has 0 radical (unpaired) electrons. The topological polar surface area (TPSA) is 98.7 Å². The maximum atomic E-state index is 15.1. The van der Waals surface area contributed by atoms with E-state index in [9.17, 15) is 18.3 Å². The van der Waals surface area contributed by atoms with Gasteiger partial charge in [-0.15, -0.1) is 0 Å². The van der Waals surface area contributed by atoms with Crippen molar-refractivity contribution in [2.45, 2.75) is 38.1 Å². The maximum absolute atomic E-state index is 15.1. The van der Waals surface area contributed by atoms with Crippen LogP contribution in [0.5, 0.6) is 5.75 Å². The Kier molecular flexibility index (Phi) is 4.59. The van der Waals surface area contributed by atoms with Crippen molar-refractivity contribution in [3.63, 3.8) is 0 Å². The minimum absolute atomic E-state index is 0.163. The van der Waals surface area contributed by atoms with E-state index in [1.807, 2.05) is 6.08 Å². The van der Waals surface area contributed by atoms with E-state index in [4.69, 9.17) is 0 Å². The number of rotatable bonds is 5. The summed E-state index contributed by atoms with van der Waals surface area (Å²) < 4.78 is 41.6. The molecule has 1 aromatic carbocycles. The van der Waals surface area contributed by atoms with Gasteiger partial charge in [-0.2, -0.15) is 8.42 Å². The fourth-order valence-electron chi connectivity index (χ4n) is 3.85. The molecule has 3 N–H and O–H groups in total. The molecule has 1 aromatic rings. The van der Waals surface area contributed by atoms with Gasteiger partial charge in [-0.1, -0.05) is 25.3 Å². The van der Waals surface area contributed by atoms with Crippen LogP contribution in [0.25, 0.3) is 5.57 Å². The summed E-state index contributed by atoms with van der Waals surface area (Å²) in [7, 11) is -4.20. The van der Waals surface area contributed by atoms with Crippen LogP contribution in [0.2, 0.25) is 0 Å². The van der Waals surface area contributed by atoms with Crippen LogP contribution in [0.3, 0.4) is 0 Å². The molecule has 2 aliphatic heterocycles. The summed E-state index contributed by atoms with van der Waals surface area (Å²) in [5, 5.41) is 13.4. The second-order valence-corrected chi connectivity index (χ2v) is 8.98. The van der Waals surface area contributed by atoms with Gasteiger partial charge in [0.2, 0.25) is 0 Å². The van der Waals surface area contributed by atoms with Gasteiger partial charge < -0.3 is 10.4 Å². The molecule has 9 heteroatoms. The number of phenols is 1. The van der Waals surface area contributed by atoms with Crippen LogP contribution in [0.15, 0.2) is 18.2 Å². The van der Waals surface area contributed by atoms with Crippen LogP contribution < -0.4 is 14.3 Å². The first-order chi connectivity index (χ1) is 12.8. The molecule has 1 atom stereocenters. The third kappa shape index (κ3) is 3.41. The Morgan fingerprint density at radius 3 is 2.67 bits per heavy atom. The van der Waals surface area contributed by atoms with E-state index in [0.717, 1.165) is 24.3 Å². The number of halogens is 1. The molecule has 2 fully saturated rings. The highest BCUT2D eigenvalue weighted by Crippen LogP contribution is 2.38. The Morgan fingerprint density at radius 1 is 1.26 bits per heavy atom. The van der Waals surface area contributed by atoms with Crippen molar-refractivity contribution in [1.82, 2.24) is 10.0 Å². The molecule has 7 nitrogen and oxygen atoms in total. The largest absolute Gasteiger partial charge is 0.506 e. The summed E-state index contributed by atoms with van der Waals surface area (Å²) in [6.45, 7) is -0.0853. The number of phenolic OH excluding ortho intramolecular Hbond substituents is 1. The zero-order chi connectivity index (χ0) is 19.2. The number of amides is 1. The van der Waals surface area contributed by atoms with Crippen molar-refractivity contribution >= 4 is 27.4 Å². The van der Waals surface area contributed by atoms with Gasteiger partial charge in [0.15, 0.2) is 5.82 Å². The number of hydrogen-bond donors (Lipinski definition) is 3. The fraction of sp³-hybridized carbons (Fsp3) is 0.500. The van der Waals surface area contributed by atoms with Crippen molar-refractivity contribution in [2.24, 2.45) is 5.92 Å². The van der Waals surface area contributed by atoms with Gasteiger partial charge in [-0.25, -0.2) is 13.4 Å². The first-order valence-corrected chi connectivity index (χ1v) is 10.6. The molecule has 1 saturated carbocycles. The van der Waals surface area contributed by atoms with Gasteiger partial charge in [0.05, 0.1) is 0 Å². The van der Waals surface area contributed by atoms with Crippen LogP contribution in [-0.2, 0) is 15.0 Å². The number of carbonyl (C=O) groups excluding carboxylic acids is 1. The van der Waals surface area contributed by atoms with E-state index in [2.05, 4.69) is 5.32 Å². The summed E-state index contributed by atoms with van der Waals surface area (Å²) >= 11 is 0. The SMILES string of the molecule is O=C1CN(c2c(O)ccc(C3=C[C@H](CCC4CCC4)NC3)c2F)S(=O)(=O)N1. The van der Waals surface area contributed by atoms with Gasteiger partial charge >= 0.3 is 10.2 Å². The summed E-state index contributed by atoms with van der Waals surface area (Å²) in [5.41, 5.74) is 0.462. The van der Waals surface area contributed by atoms with Crippen LogP contribution in [0, 0.1) is 11.7 Å². The molecular weight excluding hydrogens is 373 g/mol. The molecule has 27 heavy (non-hydrogen) atoms. The van der Waals surface area contributed by atoms with Gasteiger partial charge in [-0.05, 0) is 36.5 Å². The number of aromatic hydroxyl groups is 1. The fourth-order valence-corrected chi connectivity index (χ4v) is 5.02. The van der Waals surface area contributed by atoms with Gasteiger partial charge in [0, 0.05) is 18.2 Å². The Labute approximate surface area is 157 Å². The van der Waals surface area contributed by atoms with Crippen molar-refractivity contribution in [3.05, 3.63) is 29.6 Å². The molecule has 2 heterocycles. The summed E-state index contributed by atoms with van der Waals surface area (Å²) in [4.78, 5) is 11.4. The third-order valence-electron chi connectivity index (χ3n) is 5.58. The minimum atomic E-state index is -4.20. The molecule has 146 valence electrons. The van der Waals surface area contributed by atoms with Gasteiger partial charge in [0.25, 0.3) is 5.91 Å². The Morgan fingerprint density at radius 2 is 2.04 bits per heavy atom. The van der Waals surface area contributed by atoms with Gasteiger partial charge in [0.1, 0.15) is 18.0 Å². The average molecular weight is 395 g/mol. The molecule has 0 bridgehead atoms. The third-order valence-corrected chi connectivity index (χ3v) is 6.96. The number of carbonyl (C=O) groups is 1. The predicted octanol–water partition coefficient (Wildman–Crippen LogP) is 1.65. The summed E-state index contributed by atoms with van der Waals surface area (Å²) in [6, 6.07) is 2.86. The Hall–Kier alpha value is -2.13. The molecule has 4 rings (SSSR count). The summed E-state index contributed by atoms with van der Waals surface area (Å²) in [6.07, 6.45) is 7.98. The van der Waals surface area contributed by atoms with Gasteiger partial charge in [-0.3, -0.25) is 4.79 Å². The van der Waals surface area contributed by atoms with Crippen molar-refractivity contribution in [2.75, 3.05) is 17.4 Å². The van der Waals surface area contributed by atoms with E-state index >= 15 is 4.39 Å². The van der Waals surface area contributed by atoms with Crippen LogP contribution in [-0.4, -0.2) is 38.6 Å². The van der Waals surface area contributed by atoms with E-state index in [-0.39, 0.29) is 11.6 Å². The quantitative estimate of drug-likeness (QED) is 0.704. The highest BCUT2D eigenvalue weighted by Gasteiger charge is 2.38. The van der Waals surface area contributed by atoms with E-state index in [1.54, 1.807) is 4.72 Å². The number of nitrogens with one attached hydrogen (secondary N) is 2. The van der Waals surface area contributed by atoms with Crippen LogP contribution >= 0.6 is 0 Å². The first-order valence-electron chi connectivity index (χ1n) is 9.14. The number of anilines is 1. The smallest absolute Gasteiger partial charge is 0.326 e. The van der Waals surface area contributed by atoms with Crippen molar-refractivity contribution in [1.29, 1.82) is 0 Å². The standard InChI is InChI=1S/C18H22FN3O4S/c19-17-14(12-8-13(20-9-12)5-4-11-2-1-3-11)6-7-15(23)18(17)22-10-16(24)21-27(22,25)26/h6-8,11,13,20,23H,1-5,9-10H2,(H,21,24)/t13-/m0/s1. The first kappa shape index (κ1) is 18.2. The molecule has 0 spiro atoms. The lowest BCUT2D eigenvalue weighted by Gasteiger charge is -2.26. The second kappa shape index (κ2) is 6.79. The van der Waals surface area contributed by atoms with Crippen molar-refractivity contribution < 1.29 is 22.7 Å². The van der Waals surface area contributed by atoms with E-state index < -0.39 is 39.9 Å². The zero-order valence-electron chi connectivity index (χ0n) is 14.7. The van der Waals surface area contributed by atoms with E-state index in [1.165, 1.54) is 31.4 Å². The molecular formula is C18H22FN3O4S. The molecule has 1 saturated heterocycles. The lowest BCUT2D eigenvalue weighted by Crippen LogP contribution is -2.30. The Balaban J connectivity index is 1.60. The zero-order valence-corrected chi connectivity index (χ0v) is 15.6.